The van der Waals surface area contributed by atoms with Crippen molar-refractivity contribution in [2.24, 2.45) is 23.3 Å². The fourth-order valence-electron chi connectivity index (χ4n) is 4.77. The van der Waals surface area contributed by atoms with Gasteiger partial charge in [-0.2, -0.15) is 0 Å². The zero-order valence-electron chi connectivity index (χ0n) is 21.9. The van der Waals surface area contributed by atoms with Crippen LogP contribution in [0.15, 0.2) is 48.8 Å². The molecule has 1 atom stereocenters. The summed E-state index contributed by atoms with van der Waals surface area (Å²) in [6, 6.07) is 11.4. The quantitative estimate of drug-likeness (QED) is 0.273. The first kappa shape index (κ1) is 28.6. The summed E-state index contributed by atoms with van der Waals surface area (Å²) in [6.07, 6.45) is 11.2. The molecule has 37 heavy (non-hydrogen) atoms. The number of ether oxygens (including phenoxy) is 1. The molecule has 0 spiro atoms. The molecular formula is C29H43N5O3. The fourth-order valence-corrected chi connectivity index (χ4v) is 4.77. The third-order valence-electron chi connectivity index (χ3n) is 7.22. The van der Waals surface area contributed by atoms with Crippen molar-refractivity contribution in [3.8, 4) is 5.75 Å². The highest BCUT2D eigenvalue weighted by Gasteiger charge is 2.27. The molecule has 0 aliphatic heterocycles. The molecule has 1 aromatic carbocycles. The highest BCUT2D eigenvalue weighted by molar-refractivity contribution is 5.85. The zero-order chi connectivity index (χ0) is 26.3. The average Bonchev–Trinajstić information content (AvgIpc) is 2.95. The van der Waals surface area contributed by atoms with Gasteiger partial charge in [-0.25, -0.2) is 0 Å². The van der Waals surface area contributed by atoms with E-state index in [1.165, 1.54) is 0 Å². The lowest BCUT2D eigenvalue weighted by molar-refractivity contribution is -0.126. The van der Waals surface area contributed by atoms with Crippen molar-refractivity contribution in [3.63, 3.8) is 0 Å². The summed E-state index contributed by atoms with van der Waals surface area (Å²) in [4.78, 5) is 30.1. The van der Waals surface area contributed by atoms with Crippen LogP contribution >= 0.6 is 0 Å². The maximum atomic E-state index is 13.2. The number of aromatic nitrogens is 1. The average molecular weight is 510 g/mol. The van der Waals surface area contributed by atoms with Crippen LogP contribution in [-0.4, -0.2) is 43.0 Å². The Hall–Kier alpha value is -2.97. The van der Waals surface area contributed by atoms with E-state index in [0.717, 1.165) is 68.2 Å². The molecule has 8 heteroatoms. The molecule has 0 radical (unpaired) electrons. The SMILES string of the molecule is NCCCCCCNC(=O)C(CNC(=O)C1CCC(CN)CC1)c1ccc(OCc2ccncc2)cc1. The molecule has 1 aliphatic rings. The number of hydrogen-bond donors (Lipinski definition) is 4. The van der Waals surface area contributed by atoms with Crippen molar-refractivity contribution in [1.29, 1.82) is 0 Å². The van der Waals surface area contributed by atoms with Crippen molar-refractivity contribution in [1.82, 2.24) is 15.6 Å². The lowest BCUT2D eigenvalue weighted by Crippen LogP contribution is -2.40. The molecule has 0 saturated heterocycles. The monoisotopic (exact) mass is 509 g/mol. The molecule has 0 bridgehead atoms. The largest absolute Gasteiger partial charge is 0.489 e. The molecule has 2 aromatic rings. The number of benzene rings is 1. The Labute approximate surface area is 220 Å². The van der Waals surface area contributed by atoms with Gasteiger partial charge in [0.2, 0.25) is 11.8 Å². The fraction of sp³-hybridized carbons (Fsp3) is 0.552. The summed E-state index contributed by atoms with van der Waals surface area (Å²) in [5.41, 5.74) is 13.2. The maximum Gasteiger partial charge on any atom is 0.229 e. The summed E-state index contributed by atoms with van der Waals surface area (Å²) in [5, 5.41) is 6.13. The highest BCUT2D eigenvalue weighted by atomic mass is 16.5. The molecule has 2 amide bonds. The van der Waals surface area contributed by atoms with Gasteiger partial charge < -0.3 is 26.8 Å². The Bertz CT molecular complexity index is 930. The third kappa shape index (κ3) is 9.78. The summed E-state index contributed by atoms with van der Waals surface area (Å²) in [7, 11) is 0. The topological polar surface area (TPSA) is 132 Å². The Morgan fingerprint density at radius 3 is 2.30 bits per heavy atom. The second kappa shape index (κ2) is 16.0. The van der Waals surface area contributed by atoms with Gasteiger partial charge in [-0.3, -0.25) is 14.6 Å². The van der Waals surface area contributed by atoms with E-state index >= 15 is 0 Å². The third-order valence-corrected chi connectivity index (χ3v) is 7.22. The van der Waals surface area contributed by atoms with Crippen LogP contribution in [0.5, 0.6) is 5.75 Å². The molecular weight excluding hydrogens is 466 g/mol. The first-order valence-electron chi connectivity index (χ1n) is 13.7. The van der Waals surface area contributed by atoms with Crippen LogP contribution in [0, 0.1) is 11.8 Å². The highest BCUT2D eigenvalue weighted by Crippen LogP contribution is 2.28. The van der Waals surface area contributed by atoms with E-state index in [2.05, 4.69) is 15.6 Å². The number of nitrogens with two attached hydrogens (primary N) is 2. The predicted molar refractivity (Wildman–Crippen MR) is 146 cm³/mol. The van der Waals surface area contributed by atoms with Gasteiger partial charge in [0.05, 0.1) is 5.92 Å². The van der Waals surface area contributed by atoms with Gasteiger partial charge in [0.1, 0.15) is 12.4 Å². The van der Waals surface area contributed by atoms with Crippen LogP contribution in [0.2, 0.25) is 0 Å². The standard InChI is InChI=1S/C29H43N5O3/c30-15-3-1-2-4-16-33-29(36)27(20-34-28(35)25-7-5-22(19-31)6-8-25)24-9-11-26(12-10-24)37-21-23-13-17-32-18-14-23/h9-14,17-18,22,25,27H,1-8,15-16,19-21,30-31H2,(H,33,36)(H,34,35). The molecule has 1 heterocycles. The van der Waals surface area contributed by atoms with Crippen LogP contribution < -0.4 is 26.8 Å². The van der Waals surface area contributed by atoms with Crippen LogP contribution in [-0.2, 0) is 16.2 Å². The van der Waals surface area contributed by atoms with Crippen LogP contribution in [0.1, 0.15) is 68.4 Å². The minimum atomic E-state index is -0.470. The molecule has 6 N–H and O–H groups in total. The van der Waals surface area contributed by atoms with Gasteiger partial charge in [0.15, 0.2) is 0 Å². The number of pyridine rings is 1. The minimum Gasteiger partial charge on any atom is -0.489 e. The van der Waals surface area contributed by atoms with Gasteiger partial charge >= 0.3 is 0 Å². The van der Waals surface area contributed by atoms with E-state index in [1.54, 1.807) is 12.4 Å². The van der Waals surface area contributed by atoms with Gasteiger partial charge in [0, 0.05) is 31.4 Å². The van der Waals surface area contributed by atoms with E-state index in [1.807, 2.05) is 36.4 Å². The Morgan fingerprint density at radius 2 is 1.62 bits per heavy atom. The summed E-state index contributed by atoms with van der Waals surface area (Å²) in [5.74, 6) is 0.733. The first-order chi connectivity index (χ1) is 18.1. The lowest BCUT2D eigenvalue weighted by atomic mass is 9.81. The number of hydrogen-bond acceptors (Lipinski definition) is 6. The zero-order valence-corrected chi connectivity index (χ0v) is 21.9. The van der Waals surface area contributed by atoms with Gasteiger partial charge in [-0.05, 0) is 92.9 Å². The van der Waals surface area contributed by atoms with Crippen LogP contribution in [0.25, 0.3) is 0 Å². The van der Waals surface area contributed by atoms with E-state index in [9.17, 15) is 9.59 Å². The molecule has 3 rings (SSSR count). The van der Waals surface area contributed by atoms with Crippen molar-refractivity contribution in [2.45, 2.75) is 63.9 Å². The summed E-state index contributed by atoms with van der Waals surface area (Å²) < 4.78 is 5.88. The van der Waals surface area contributed by atoms with E-state index in [4.69, 9.17) is 16.2 Å². The molecule has 1 aromatic heterocycles. The van der Waals surface area contributed by atoms with Crippen molar-refractivity contribution >= 4 is 11.8 Å². The maximum absolute atomic E-state index is 13.2. The van der Waals surface area contributed by atoms with E-state index in [-0.39, 0.29) is 24.3 Å². The number of carbonyl (C=O) groups excluding carboxylic acids is 2. The Balaban J connectivity index is 1.58. The summed E-state index contributed by atoms with van der Waals surface area (Å²) >= 11 is 0. The first-order valence-corrected chi connectivity index (χ1v) is 13.7. The summed E-state index contributed by atoms with van der Waals surface area (Å²) in [6.45, 7) is 2.71. The Kier molecular flexibility index (Phi) is 12.4. The lowest BCUT2D eigenvalue weighted by Gasteiger charge is -2.27. The molecule has 1 unspecified atom stereocenters. The number of rotatable bonds is 15. The predicted octanol–water partition coefficient (Wildman–Crippen LogP) is 3.26. The van der Waals surface area contributed by atoms with Crippen molar-refractivity contribution < 1.29 is 14.3 Å². The van der Waals surface area contributed by atoms with E-state index < -0.39 is 5.92 Å². The van der Waals surface area contributed by atoms with Crippen molar-refractivity contribution in [2.75, 3.05) is 26.2 Å². The number of nitrogens with zero attached hydrogens (tertiary/aromatic N) is 1. The van der Waals surface area contributed by atoms with Crippen LogP contribution in [0.4, 0.5) is 0 Å². The normalized spacial score (nSPS) is 18.1. The number of unbranched alkanes of at least 4 members (excludes halogenated alkanes) is 3. The van der Waals surface area contributed by atoms with Gasteiger partial charge in [-0.15, -0.1) is 0 Å². The molecule has 202 valence electrons. The van der Waals surface area contributed by atoms with Crippen LogP contribution in [0.3, 0.4) is 0 Å². The van der Waals surface area contributed by atoms with Gasteiger partial charge in [-0.1, -0.05) is 25.0 Å². The second-order valence-electron chi connectivity index (χ2n) is 9.96. The molecule has 1 aliphatic carbocycles. The second-order valence-corrected chi connectivity index (χ2v) is 9.96. The molecule has 1 fully saturated rings. The number of nitrogens with one attached hydrogen (secondary N) is 2. The minimum absolute atomic E-state index is 0.00183. The molecule has 8 nitrogen and oxygen atoms in total. The van der Waals surface area contributed by atoms with Crippen molar-refractivity contribution in [3.05, 3.63) is 59.9 Å². The smallest absolute Gasteiger partial charge is 0.229 e. The number of carbonyl (C=O) groups is 2. The molecule has 1 saturated carbocycles. The van der Waals surface area contributed by atoms with E-state index in [0.29, 0.717) is 32.2 Å². The Morgan fingerprint density at radius 1 is 0.919 bits per heavy atom. The van der Waals surface area contributed by atoms with Gasteiger partial charge in [0.25, 0.3) is 0 Å². The number of amides is 2.